The summed E-state index contributed by atoms with van der Waals surface area (Å²) in [5.41, 5.74) is 8.82. The Balaban J connectivity index is 1.86. The Morgan fingerprint density at radius 3 is 2.62 bits per heavy atom. The van der Waals surface area contributed by atoms with E-state index in [2.05, 4.69) is 20.9 Å². The molecule has 3 rings (SSSR count). The molecule has 3 unspecified atom stereocenters. The molecule has 2 aliphatic rings. The van der Waals surface area contributed by atoms with Crippen LogP contribution in [0.2, 0.25) is 0 Å². The van der Waals surface area contributed by atoms with Crippen LogP contribution in [0, 0.1) is 0 Å². The highest BCUT2D eigenvalue weighted by molar-refractivity contribution is 8.02. The number of carbonyl (C=O) groups excluding carboxylic acids is 2. The number of aliphatic carboxylic acids is 1. The first kappa shape index (κ1) is 25.3. The Morgan fingerprint density at radius 2 is 2.12 bits per heavy atom. The van der Waals surface area contributed by atoms with Gasteiger partial charge in [0.25, 0.3) is 11.8 Å². The Hall–Kier alpha value is -3.35. The molecule has 0 saturated carbocycles. The van der Waals surface area contributed by atoms with E-state index in [0.29, 0.717) is 0 Å². The van der Waals surface area contributed by atoms with Crippen molar-refractivity contribution in [1.29, 1.82) is 0 Å². The first-order valence-corrected chi connectivity index (χ1v) is 11.8. The predicted molar refractivity (Wildman–Crippen MR) is 118 cm³/mol. The van der Waals surface area contributed by atoms with Crippen LogP contribution in [0.1, 0.15) is 13.8 Å². The quantitative estimate of drug-likeness (QED) is 0.0866. The average Bonchev–Trinajstić information content (AvgIpc) is 3.32. The molecule has 1 fully saturated rings. The van der Waals surface area contributed by atoms with Crippen molar-refractivity contribution in [2.75, 3.05) is 5.73 Å². The maximum atomic E-state index is 13.0. The third-order valence-corrected chi connectivity index (χ3v) is 6.44. The molecular formula is C16H22N8O8S2. The Morgan fingerprint density at radius 1 is 1.44 bits per heavy atom. The Kier molecular flexibility index (Phi) is 6.78. The van der Waals surface area contributed by atoms with Crippen LogP contribution in [-0.4, -0.2) is 78.8 Å². The number of anilines is 1. The molecule has 2 amide bonds. The first-order valence-electron chi connectivity index (χ1n) is 9.48. The maximum Gasteiger partial charge on any atom is 0.362 e. The minimum atomic E-state index is -4.93. The van der Waals surface area contributed by atoms with Gasteiger partial charge in [-0.3, -0.25) is 18.8 Å². The van der Waals surface area contributed by atoms with Crippen molar-refractivity contribution in [3.05, 3.63) is 23.5 Å². The SMILES string of the molecule is CC(C)(O/N=C(\C(=O)NC1C(=O)N(S(=O)(=O)O)C1Cn1cc(N)cn1)C1=CSC(N)N1)C(=O)O. The monoisotopic (exact) mass is 518 g/mol. The molecular weight excluding hydrogens is 496 g/mol. The summed E-state index contributed by atoms with van der Waals surface area (Å²) in [5, 5.41) is 23.3. The number of nitrogen functional groups attached to an aromatic ring is 1. The third-order valence-electron chi connectivity index (χ3n) is 4.71. The molecule has 2 aliphatic heterocycles. The zero-order valence-corrected chi connectivity index (χ0v) is 19.4. The van der Waals surface area contributed by atoms with Gasteiger partial charge in [0.05, 0.1) is 30.2 Å². The van der Waals surface area contributed by atoms with Gasteiger partial charge in [-0.05, 0) is 13.8 Å². The molecule has 3 atom stereocenters. The van der Waals surface area contributed by atoms with Gasteiger partial charge in [-0.15, -0.1) is 0 Å². The number of β-lactam (4-membered cyclic amide) rings is 1. The number of nitrogens with one attached hydrogen (secondary N) is 2. The second-order valence-electron chi connectivity index (χ2n) is 7.71. The summed E-state index contributed by atoms with van der Waals surface area (Å²) in [6.45, 7) is 2.18. The van der Waals surface area contributed by atoms with Crippen LogP contribution in [-0.2, 0) is 36.1 Å². The maximum absolute atomic E-state index is 13.0. The molecule has 186 valence electrons. The third kappa shape index (κ3) is 5.24. The van der Waals surface area contributed by atoms with Crippen LogP contribution >= 0.6 is 11.8 Å². The number of thioether (sulfide) groups is 1. The van der Waals surface area contributed by atoms with Crippen LogP contribution < -0.4 is 22.1 Å². The van der Waals surface area contributed by atoms with Crippen molar-refractivity contribution in [3.63, 3.8) is 0 Å². The van der Waals surface area contributed by atoms with Crippen molar-refractivity contribution < 1.29 is 37.3 Å². The van der Waals surface area contributed by atoms with Gasteiger partial charge in [0.15, 0.2) is 5.71 Å². The highest BCUT2D eigenvalue weighted by atomic mass is 32.2. The summed E-state index contributed by atoms with van der Waals surface area (Å²) in [6, 6.07) is -2.65. The number of nitrogens with two attached hydrogens (primary N) is 2. The minimum absolute atomic E-state index is 0.0889. The zero-order chi connectivity index (χ0) is 25.4. The molecule has 0 radical (unpaired) electrons. The number of carbonyl (C=O) groups is 3. The van der Waals surface area contributed by atoms with Gasteiger partial charge in [0.1, 0.15) is 11.5 Å². The summed E-state index contributed by atoms with van der Waals surface area (Å²) in [6.07, 6.45) is 2.65. The number of amides is 2. The van der Waals surface area contributed by atoms with Crippen LogP contribution in [0.3, 0.4) is 0 Å². The van der Waals surface area contributed by atoms with E-state index in [9.17, 15) is 32.5 Å². The number of rotatable bonds is 9. The number of aromatic nitrogens is 2. The van der Waals surface area contributed by atoms with Crippen molar-refractivity contribution >= 4 is 51.2 Å². The molecule has 1 aromatic rings. The molecule has 0 bridgehead atoms. The summed E-state index contributed by atoms with van der Waals surface area (Å²) in [5.74, 6) is -3.45. The summed E-state index contributed by atoms with van der Waals surface area (Å²) >= 11 is 1.10. The van der Waals surface area contributed by atoms with Gasteiger partial charge in [0, 0.05) is 11.6 Å². The van der Waals surface area contributed by atoms with Gasteiger partial charge in [-0.1, -0.05) is 16.9 Å². The van der Waals surface area contributed by atoms with Gasteiger partial charge < -0.3 is 32.0 Å². The van der Waals surface area contributed by atoms with E-state index < -0.39 is 57.0 Å². The molecule has 3 heterocycles. The smallest absolute Gasteiger partial charge is 0.362 e. The standard InChI is InChI=1S/C16H22N8O8S2/c1-16(2,14(27)28)32-22-10(8-6-33-15(18)20-8)12(25)21-11-9(5-23-4-7(17)3-19-23)24(13(11)26)34(29,30)31/h3-4,6,9,11,15,20H,5,17-18H2,1-2H3,(H,21,25)(H,27,28)(H,29,30,31)/b22-10-. The molecule has 1 aromatic heterocycles. The van der Waals surface area contributed by atoms with Gasteiger partial charge in [-0.2, -0.15) is 13.5 Å². The molecule has 34 heavy (non-hydrogen) atoms. The van der Waals surface area contributed by atoms with E-state index in [-0.39, 0.29) is 22.2 Å². The van der Waals surface area contributed by atoms with E-state index in [1.165, 1.54) is 36.3 Å². The average molecular weight is 519 g/mol. The second-order valence-corrected chi connectivity index (χ2v) is 10.0. The van der Waals surface area contributed by atoms with Crippen molar-refractivity contribution in [2.45, 2.75) is 43.6 Å². The highest BCUT2D eigenvalue weighted by Gasteiger charge is 2.54. The van der Waals surface area contributed by atoms with E-state index in [0.717, 1.165) is 11.8 Å². The lowest BCUT2D eigenvalue weighted by atomic mass is 9.98. The van der Waals surface area contributed by atoms with Crippen LogP contribution in [0.4, 0.5) is 5.69 Å². The highest BCUT2D eigenvalue weighted by Crippen LogP contribution is 2.26. The first-order chi connectivity index (χ1) is 15.7. The number of nitrogens with zero attached hydrogens (tertiary/aromatic N) is 4. The van der Waals surface area contributed by atoms with Crippen LogP contribution in [0.25, 0.3) is 0 Å². The van der Waals surface area contributed by atoms with Crippen molar-refractivity contribution in [1.82, 2.24) is 24.7 Å². The lowest BCUT2D eigenvalue weighted by Gasteiger charge is -2.44. The van der Waals surface area contributed by atoms with Crippen molar-refractivity contribution in [2.24, 2.45) is 10.9 Å². The minimum Gasteiger partial charge on any atom is -0.478 e. The molecule has 0 aromatic carbocycles. The number of carboxylic acid groups (broad SMARTS) is 1. The van der Waals surface area contributed by atoms with Gasteiger partial charge in [-0.25, -0.2) is 9.10 Å². The Labute approximate surface area is 197 Å². The summed E-state index contributed by atoms with van der Waals surface area (Å²) < 4.78 is 34.2. The molecule has 1 saturated heterocycles. The topological polar surface area (TPSA) is 245 Å². The number of hydrogen-bond donors (Lipinski definition) is 6. The molecule has 8 N–H and O–H groups in total. The van der Waals surface area contributed by atoms with Crippen LogP contribution in [0.5, 0.6) is 0 Å². The molecule has 0 spiro atoms. The fourth-order valence-electron chi connectivity index (χ4n) is 2.92. The summed E-state index contributed by atoms with van der Waals surface area (Å²) in [4.78, 5) is 41.8. The zero-order valence-electron chi connectivity index (χ0n) is 17.8. The largest absolute Gasteiger partial charge is 0.478 e. The number of hydrogen-bond acceptors (Lipinski definition) is 12. The van der Waals surface area contributed by atoms with Gasteiger partial charge >= 0.3 is 16.3 Å². The predicted octanol–water partition coefficient (Wildman–Crippen LogP) is -2.38. The fourth-order valence-corrected chi connectivity index (χ4v) is 4.45. The van der Waals surface area contributed by atoms with E-state index in [1.54, 1.807) is 0 Å². The lowest BCUT2D eigenvalue weighted by molar-refractivity contribution is -0.161. The van der Waals surface area contributed by atoms with Crippen molar-refractivity contribution in [3.8, 4) is 0 Å². The number of oxime groups is 1. The van der Waals surface area contributed by atoms with Gasteiger partial charge in [0.2, 0.25) is 5.60 Å². The fraction of sp³-hybridized carbons (Fsp3) is 0.438. The Bertz CT molecular complexity index is 1180. The molecule has 0 aliphatic carbocycles. The lowest BCUT2D eigenvalue weighted by Crippen LogP contribution is -2.73. The molecule has 18 heteroatoms. The van der Waals surface area contributed by atoms with Crippen LogP contribution in [0.15, 0.2) is 28.7 Å². The number of carboxylic acids is 1. The molecule has 16 nitrogen and oxygen atoms in total. The van der Waals surface area contributed by atoms with E-state index in [4.69, 9.17) is 16.3 Å². The second kappa shape index (κ2) is 9.12. The van der Waals surface area contributed by atoms with E-state index in [1.807, 2.05) is 0 Å². The summed E-state index contributed by atoms with van der Waals surface area (Å²) in [7, 11) is -4.93. The normalized spacial score (nSPS) is 23.1. The van der Waals surface area contributed by atoms with E-state index >= 15 is 0 Å².